The molecule has 0 unspecified atom stereocenters. The van der Waals surface area contributed by atoms with Crippen molar-refractivity contribution in [2.75, 3.05) is 9.80 Å². The lowest BCUT2D eigenvalue weighted by Crippen LogP contribution is -2.09. The standard InChI is InChI=1S/C74H52N2/c1-7-19-57(20-8-1)73-69-45-37-55(33-31-53-35-39-61-51-67(43-41-59(61)47-53)75(63-23-11-3-12-24-63)64-25-13-4-14-26-64)49-71(69)72-50-56(38-46-70(72)74(73)58-21-9-2-10-22-58)34-32-54-36-40-62-52-68(44-42-60(62)48-54)76(65-27-15-5-16-28-65)66-29-17-6-18-30-66/h1-52H/b33-31+,34-32+. The van der Waals surface area contributed by atoms with Crippen LogP contribution in [0.15, 0.2) is 291 Å². The minimum atomic E-state index is 1.12. The molecule has 2 heteroatoms. The van der Waals surface area contributed by atoms with Crippen molar-refractivity contribution in [3.8, 4) is 22.3 Å². The molecule has 13 aromatic carbocycles. The van der Waals surface area contributed by atoms with Crippen LogP contribution in [0.25, 0.3) is 89.6 Å². The molecule has 76 heavy (non-hydrogen) atoms. The fourth-order valence-corrected chi connectivity index (χ4v) is 10.9. The monoisotopic (exact) mass is 968 g/mol. The Morgan fingerprint density at radius 1 is 0.197 bits per heavy atom. The molecule has 0 radical (unpaired) electrons. The SMILES string of the molecule is C(=C\c1ccc2c(-c3ccccc3)c(-c3ccccc3)c3ccc(/C=C/c4ccc5cc(N(c6ccccc6)c6ccccc6)ccc5c4)cc3c2c1)/c1ccc2cc(N(c3ccccc3)c3ccccc3)ccc2c1. The summed E-state index contributed by atoms with van der Waals surface area (Å²) in [5.74, 6) is 0. The van der Waals surface area contributed by atoms with Crippen LogP contribution in [-0.4, -0.2) is 0 Å². The van der Waals surface area contributed by atoms with E-state index in [0.717, 1.165) is 56.4 Å². The van der Waals surface area contributed by atoms with Crippen molar-refractivity contribution in [2.45, 2.75) is 0 Å². The van der Waals surface area contributed by atoms with Gasteiger partial charge < -0.3 is 9.80 Å². The molecule has 0 aliphatic carbocycles. The highest BCUT2D eigenvalue weighted by Crippen LogP contribution is 2.46. The fraction of sp³-hybridized carbons (Fsp3) is 0. The van der Waals surface area contributed by atoms with Gasteiger partial charge in [-0.25, -0.2) is 0 Å². The fourth-order valence-electron chi connectivity index (χ4n) is 10.9. The molecule has 2 nitrogen and oxygen atoms in total. The number of anilines is 6. The smallest absolute Gasteiger partial charge is 0.0468 e. The number of rotatable bonds is 12. The summed E-state index contributed by atoms with van der Waals surface area (Å²) >= 11 is 0. The molecule has 358 valence electrons. The molecule has 0 fully saturated rings. The van der Waals surface area contributed by atoms with Crippen molar-refractivity contribution in [1.29, 1.82) is 0 Å². The van der Waals surface area contributed by atoms with Gasteiger partial charge in [0, 0.05) is 34.1 Å². The van der Waals surface area contributed by atoms with Gasteiger partial charge in [0.2, 0.25) is 0 Å². The van der Waals surface area contributed by atoms with Crippen LogP contribution in [0.4, 0.5) is 34.1 Å². The van der Waals surface area contributed by atoms with Crippen molar-refractivity contribution in [2.24, 2.45) is 0 Å². The number of para-hydroxylation sites is 4. The molecular formula is C74H52N2. The minimum absolute atomic E-state index is 1.12. The molecule has 0 atom stereocenters. The normalized spacial score (nSPS) is 11.6. The van der Waals surface area contributed by atoms with E-state index in [1.54, 1.807) is 0 Å². The Morgan fingerprint density at radius 2 is 0.474 bits per heavy atom. The summed E-state index contributed by atoms with van der Waals surface area (Å²) < 4.78 is 0. The lowest BCUT2D eigenvalue weighted by Gasteiger charge is -2.25. The van der Waals surface area contributed by atoms with E-state index >= 15 is 0 Å². The van der Waals surface area contributed by atoms with Gasteiger partial charge in [-0.15, -0.1) is 0 Å². The van der Waals surface area contributed by atoms with Gasteiger partial charge in [0.15, 0.2) is 0 Å². The van der Waals surface area contributed by atoms with Crippen molar-refractivity contribution in [3.63, 3.8) is 0 Å². The Labute approximate surface area is 444 Å². The van der Waals surface area contributed by atoms with Gasteiger partial charge in [0.1, 0.15) is 0 Å². The molecule has 0 heterocycles. The molecular weight excluding hydrogens is 917 g/mol. The molecule has 0 aromatic heterocycles. The quantitative estimate of drug-likeness (QED) is 0.0889. The largest absolute Gasteiger partial charge is 0.310 e. The first-order chi connectivity index (χ1) is 37.7. The molecule has 0 aliphatic heterocycles. The van der Waals surface area contributed by atoms with E-state index in [4.69, 9.17) is 0 Å². The van der Waals surface area contributed by atoms with E-state index in [9.17, 15) is 0 Å². The molecule has 13 rings (SSSR count). The van der Waals surface area contributed by atoms with E-state index in [1.165, 1.54) is 65.3 Å². The third-order valence-corrected chi connectivity index (χ3v) is 14.5. The van der Waals surface area contributed by atoms with Gasteiger partial charge in [-0.2, -0.15) is 0 Å². The average Bonchev–Trinajstić information content (AvgIpc) is 3.62. The van der Waals surface area contributed by atoms with E-state index in [1.807, 2.05) is 0 Å². The maximum Gasteiger partial charge on any atom is 0.0468 e. The minimum Gasteiger partial charge on any atom is -0.310 e. The maximum absolute atomic E-state index is 2.38. The zero-order chi connectivity index (χ0) is 50.6. The van der Waals surface area contributed by atoms with Crippen molar-refractivity contribution in [3.05, 3.63) is 313 Å². The Balaban J connectivity index is 0.864. The van der Waals surface area contributed by atoms with Crippen LogP contribution in [-0.2, 0) is 0 Å². The second-order valence-corrected chi connectivity index (χ2v) is 19.4. The summed E-state index contributed by atoms with van der Waals surface area (Å²) in [5, 5.41) is 9.68. The summed E-state index contributed by atoms with van der Waals surface area (Å²) in [6.45, 7) is 0. The Kier molecular flexibility index (Phi) is 12.3. The Hall–Kier alpha value is -10.0. The second kappa shape index (κ2) is 20.5. The summed E-state index contributed by atoms with van der Waals surface area (Å²) in [4.78, 5) is 4.63. The lowest BCUT2D eigenvalue weighted by molar-refractivity contribution is 1.29. The summed E-state index contributed by atoms with van der Waals surface area (Å²) in [7, 11) is 0. The van der Waals surface area contributed by atoms with Crippen LogP contribution in [0.3, 0.4) is 0 Å². The number of hydrogen-bond acceptors (Lipinski definition) is 2. The van der Waals surface area contributed by atoms with Crippen LogP contribution >= 0.6 is 0 Å². The van der Waals surface area contributed by atoms with Gasteiger partial charge >= 0.3 is 0 Å². The highest BCUT2D eigenvalue weighted by molar-refractivity contribution is 6.22. The van der Waals surface area contributed by atoms with E-state index in [0.29, 0.717) is 0 Å². The van der Waals surface area contributed by atoms with Crippen LogP contribution in [0, 0.1) is 0 Å². The number of fused-ring (bicyclic) bond motifs is 5. The Bertz CT molecular complexity index is 3890. The van der Waals surface area contributed by atoms with Gasteiger partial charge in [0.05, 0.1) is 0 Å². The van der Waals surface area contributed by atoms with Crippen LogP contribution in [0.1, 0.15) is 22.3 Å². The predicted octanol–water partition coefficient (Wildman–Crippen LogP) is 20.9. The second-order valence-electron chi connectivity index (χ2n) is 19.4. The molecule has 0 amide bonds. The Morgan fingerprint density at radius 3 is 0.816 bits per heavy atom. The number of nitrogens with zero attached hydrogens (tertiary/aromatic N) is 2. The first-order valence-electron chi connectivity index (χ1n) is 26.1. The topological polar surface area (TPSA) is 6.48 Å². The zero-order valence-electron chi connectivity index (χ0n) is 41.9. The van der Waals surface area contributed by atoms with Gasteiger partial charge in [-0.3, -0.25) is 0 Å². The highest BCUT2D eigenvalue weighted by atomic mass is 15.1. The number of benzene rings is 13. The summed E-state index contributed by atoms with van der Waals surface area (Å²) in [6.07, 6.45) is 9.00. The van der Waals surface area contributed by atoms with E-state index in [-0.39, 0.29) is 0 Å². The van der Waals surface area contributed by atoms with Crippen LogP contribution < -0.4 is 9.80 Å². The lowest BCUT2D eigenvalue weighted by atomic mass is 9.84. The van der Waals surface area contributed by atoms with Crippen molar-refractivity contribution < 1.29 is 0 Å². The predicted molar refractivity (Wildman–Crippen MR) is 327 cm³/mol. The van der Waals surface area contributed by atoms with Crippen molar-refractivity contribution >= 4 is 102 Å². The zero-order valence-corrected chi connectivity index (χ0v) is 41.9. The third-order valence-electron chi connectivity index (χ3n) is 14.5. The average molecular weight is 969 g/mol. The van der Waals surface area contributed by atoms with Gasteiger partial charge in [-0.05, 0) is 185 Å². The first kappa shape index (κ1) is 45.8. The molecule has 0 bridgehead atoms. The first-order valence-corrected chi connectivity index (χ1v) is 26.1. The van der Waals surface area contributed by atoms with Crippen molar-refractivity contribution in [1.82, 2.24) is 0 Å². The molecule has 0 saturated carbocycles. The molecule has 0 saturated heterocycles. The number of hydrogen-bond donors (Lipinski definition) is 0. The van der Waals surface area contributed by atoms with E-state index < -0.39 is 0 Å². The molecule has 0 spiro atoms. The highest BCUT2D eigenvalue weighted by Gasteiger charge is 2.19. The van der Waals surface area contributed by atoms with Gasteiger partial charge in [-0.1, -0.05) is 218 Å². The summed E-state index contributed by atoms with van der Waals surface area (Å²) in [6, 6.07) is 105. The third kappa shape index (κ3) is 9.21. The summed E-state index contributed by atoms with van der Waals surface area (Å²) in [5.41, 5.74) is 16.2. The van der Waals surface area contributed by atoms with Gasteiger partial charge in [0.25, 0.3) is 0 Å². The van der Waals surface area contributed by atoms with Crippen LogP contribution in [0.5, 0.6) is 0 Å². The molecule has 13 aromatic rings. The van der Waals surface area contributed by atoms with E-state index in [2.05, 4.69) is 325 Å². The van der Waals surface area contributed by atoms with Crippen LogP contribution in [0.2, 0.25) is 0 Å². The molecule has 0 N–H and O–H groups in total. The molecule has 0 aliphatic rings. The maximum atomic E-state index is 2.38.